The van der Waals surface area contributed by atoms with Crippen molar-refractivity contribution in [2.45, 2.75) is 12.5 Å². The van der Waals surface area contributed by atoms with Crippen LogP contribution in [0, 0.1) is 0 Å². The smallest absolute Gasteiger partial charge is 0.0737 e. The molecule has 5 heterocycles. The molecule has 40 heavy (non-hydrogen) atoms. The van der Waals surface area contributed by atoms with Crippen LogP contribution in [0.3, 0.4) is 0 Å². The number of aromatic amines is 1. The van der Waals surface area contributed by atoms with E-state index in [-0.39, 0.29) is 6.04 Å². The quantitative estimate of drug-likeness (QED) is 0.277. The predicted octanol–water partition coefficient (Wildman–Crippen LogP) is 7.62. The molecule has 7 rings (SSSR count). The Balaban J connectivity index is 1.49. The second-order valence-electron chi connectivity index (χ2n) is 9.70. The minimum absolute atomic E-state index is 0.110. The Labute approximate surface area is 265 Å². The Morgan fingerprint density at radius 1 is 0.725 bits per heavy atom. The van der Waals surface area contributed by atoms with Crippen molar-refractivity contribution in [3.63, 3.8) is 0 Å². The van der Waals surface area contributed by atoms with Crippen LogP contribution in [0.2, 0.25) is 0 Å². The number of hydrogen-bond donors (Lipinski definition) is 2. The Bertz CT molecular complexity index is 1910. The van der Waals surface area contributed by atoms with Gasteiger partial charge in [-0.2, -0.15) is 0 Å². The molecule has 0 amide bonds. The van der Waals surface area contributed by atoms with Crippen molar-refractivity contribution >= 4 is 92.4 Å². The standard InChI is InChI=1S/C32H20Br4N4/c33-21-3-1-4-22(34)29(21)31-25-11-7-17(37-25)15-19-9-13-27(39-19)32(30-23(35)5-2-6-24(30)36)28-14-10-20(40-28)16-18-8-12-26(31)38-18/h1-9,11-16,20,37,40H,10H2/b17-15-,18-16-,31-25+,32-27+. The van der Waals surface area contributed by atoms with E-state index in [1.807, 2.05) is 12.1 Å². The maximum atomic E-state index is 5.09. The van der Waals surface area contributed by atoms with Crippen LogP contribution in [0.15, 0.2) is 130 Å². The highest BCUT2D eigenvalue weighted by molar-refractivity contribution is 9.11. The van der Waals surface area contributed by atoms with E-state index in [4.69, 9.17) is 9.98 Å². The van der Waals surface area contributed by atoms with Crippen molar-refractivity contribution in [1.29, 1.82) is 0 Å². The van der Waals surface area contributed by atoms with E-state index in [2.05, 4.69) is 153 Å². The molecule has 4 aliphatic rings. The zero-order chi connectivity index (χ0) is 27.4. The highest BCUT2D eigenvalue weighted by Gasteiger charge is 2.26. The molecule has 8 heteroatoms. The van der Waals surface area contributed by atoms with Crippen molar-refractivity contribution in [1.82, 2.24) is 10.3 Å². The molecule has 0 saturated heterocycles. The molecule has 0 radical (unpaired) electrons. The summed E-state index contributed by atoms with van der Waals surface area (Å²) in [5, 5.41) is 5.69. The van der Waals surface area contributed by atoms with E-state index in [0.717, 1.165) is 85.8 Å². The Hall–Kier alpha value is -2.78. The van der Waals surface area contributed by atoms with Gasteiger partial charge in [-0.3, -0.25) is 0 Å². The van der Waals surface area contributed by atoms with Crippen LogP contribution in [0.5, 0.6) is 0 Å². The van der Waals surface area contributed by atoms with E-state index >= 15 is 0 Å². The molecule has 196 valence electrons. The van der Waals surface area contributed by atoms with Gasteiger partial charge in [-0.05, 0) is 79.3 Å². The number of nitrogens with one attached hydrogen (secondary N) is 2. The fourth-order valence-corrected chi connectivity index (χ4v) is 8.13. The maximum Gasteiger partial charge on any atom is 0.0737 e. The summed E-state index contributed by atoms with van der Waals surface area (Å²) in [4.78, 5) is 13.8. The Morgan fingerprint density at radius 2 is 1.43 bits per heavy atom. The SMILES string of the molecule is Brc1cccc(Br)c1/C1=C2\C=CC(=N2)/C=c2/cc/c([nH]2)=C(\c2c(Br)cccc2Br)C2=N/C(=C\C3CC=C1N3)C=C2. The molecule has 0 aliphatic carbocycles. The molecule has 4 aliphatic heterocycles. The number of benzene rings is 2. The molecular weight excluding hydrogens is 760 g/mol. The topological polar surface area (TPSA) is 52.5 Å². The van der Waals surface area contributed by atoms with Crippen LogP contribution in [0.4, 0.5) is 0 Å². The van der Waals surface area contributed by atoms with Crippen LogP contribution in [-0.2, 0) is 0 Å². The highest BCUT2D eigenvalue weighted by atomic mass is 79.9. The lowest BCUT2D eigenvalue weighted by molar-refractivity contribution is 0.741. The molecule has 0 spiro atoms. The number of H-pyrrole nitrogens is 1. The van der Waals surface area contributed by atoms with Gasteiger partial charge in [0.1, 0.15) is 0 Å². The Kier molecular flexibility index (Phi) is 6.90. The Morgan fingerprint density at radius 3 is 2.15 bits per heavy atom. The maximum absolute atomic E-state index is 5.09. The van der Waals surface area contributed by atoms with Gasteiger partial charge >= 0.3 is 0 Å². The molecule has 1 aromatic heterocycles. The number of halogens is 4. The largest absolute Gasteiger partial charge is 0.378 e. The molecule has 3 aromatic rings. The van der Waals surface area contributed by atoms with Crippen molar-refractivity contribution < 1.29 is 0 Å². The van der Waals surface area contributed by atoms with Gasteiger partial charge in [0.25, 0.3) is 0 Å². The van der Waals surface area contributed by atoms with E-state index in [0.29, 0.717) is 0 Å². The zero-order valence-electron chi connectivity index (χ0n) is 20.9. The number of nitrogens with zero attached hydrogens (tertiary/aromatic N) is 2. The van der Waals surface area contributed by atoms with Crippen molar-refractivity contribution in [2.75, 3.05) is 0 Å². The van der Waals surface area contributed by atoms with Gasteiger partial charge in [0.2, 0.25) is 0 Å². The van der Waals surface area contributed by atoms with Crippen LogP contribution in [0.25, 0.3) is 17.2 Å². The van der Waals surface area contributed by atoms with E-state index < -0.39 is 0 Å². The molecular formula is C32H20Br4N4. The first kappa shape index (κ1) is 26.1. The number of hydrogen-bond acceptors (Lipinski definition) is 3. The van der Waals surface area contributed by atoms with Gasteiger partial charge < -0.3 is 10.3 Å². The molecule has 1 atom stereocenters. The average molecular weight is 780 g/mol. The third-order valence-electron chi connectivity index (χ3n) is 7.10. The molecule has 0 fully saturated rings. The third-order valence-corrected chi connectivity index (χ3v) is 9.74. The van der Waals surface area contributed by atoms with Crippen LogP contribution in [0.1, 0.15) is 17.5 Å². The van der Waals surface area contributed by atoms with Crippen molar-refractivity contribution in [3.8, 4) is 0 Å². The number of aliphatic imine (C=N–C) groups is 2. The van der Waals surface area contributed by atoms with E-state index in [1.165, 1.54) is 0 Å². The fourth-order valence-electron chi connectivity index (χ4n) is 5.34. The number of aromatic nitrogens is 1. The summed E-state index contributed by atoms with van der Waals surface area (Å²) in [5.41, 5.74) is 8.90. The minimum atomic E-state index is 0.110. The minimum Gasteiger partial charge on any atom is -0.378 e. The molecule has 2 N–H and O–H groups in total. The van der Waals surface area contributed by atoms with Gasteiger partial charge in [0.05, 0.1) is 28.9 Å². The average Bonchev–Trinajstić information content (AvgIpc) is 3.73. The normalized spacial score (nSPS) is 24.6. The highest BCUT2D eigenvalue weighted by Crippen LogP contribution is 2.40. The number of allylic oxidation sites excluding steroid dienone is 5. The first-order chi connectivity index (χ1) is 19.4. The predicted molar refractivity (Wildman–Crippen MR) is 178 cm³/mol. The number of fused-ring (bicyclic) bond motifs is 6. The summed E-state index contributed by atoms with van der Waals surface area (Å²) in [6, 6.07) is 16.6. The van der Waals surface area contributed by atoms with E-state index in [9.17, 15) is 0 Å². The van der Waals surface area contributed by atoms with Gasteiger partial charge in [0, 0.05) is 56.6 Å². The molecule has 1 unspecified atom stereocenters. The first-order valence-corrected chi connectivity index (χ1v) is 15.9. The van der Waals surface area contributed by atoms with Crippen LogP contribution in [-0.4, -0.2) is 22.4 Å². The summed E-state index contributed by atoms with van der Waals surface area (Å²) in [6.45, 7) is 0. The summed E-state index contributed by atoms with van der Waals surface area (Å²) in [6.07, 6.45) is 15.7. The number of rotatable bonds is 2. The second kappa shape index (κ2) is 10.6. The van der Waals surface area contributed by atoms with Gasteiger partial charge in [-0.25, -0.2) is 9.98 Å². The first-order valence-electron chi connectivity index (χ1n) is 12.7. The molecule has 2 aromatic carbocycles. The lowest BCUT2D eigenvalue weighted by Crippen LogP contribution is -2.21. The summed E-state index contributed by atoms with van der Waals surface area (Å²) >= 11 is 15.1. The summed E-state index contributed by atoms with van der Waals surface area (Å²) < 4.78 is 4.00. The second-order valence-corrected chi connectivity index (χ2v) is 13.1. The van der Waals surface area contributed by atoms with Crippen LogP contribution >= 0.6 is 63.7 Å². The molecule has 0 saturated carbocycles. The zero-order valence-corrected chi connectivity index (χ0v) is 27.2. The van der Waals surface area contributed by atoms with Gasteiger partial charge in [-0.15, -0.1) is 0 Å². The van der Waals surface area contributed by atoms with Crippen molar-refractivity contribution in [2.24, 2.45) is 9.98 Å². The van der Waals surface area contributed by atoms with Gasteiger partial charge in [-0.1, -0.05) is 81.9 Å². The van der Waals surface area contributed by atoms with E-state index in [1.54, 1.807) is 0 Å². The summed E-state index contributed by atoms with van der Waals surface area (Å²) in [7, 11) is 0. The lowest BCUT2D eigenvalue weighted by Gasteiger charge is -2.17. The fraction of sp³-hybridized carbons (Fsp3) is 0.0625. The van der Waals surface area contributed by atoms with Crippen LogP contribution < -0.4 is 16.0 Å². The lowest BCUT2D eigenvalue weighted by atomic mass is 10.0. The third kappa shape index (κ3) is 4.75. The molecule has 4 nitrogen and oxygen atoms in total. The monoisotopic (exact) mass is 776 g/mol. The van der Waals surface area contributed by atoms with Gasteiger partial charge in [0.15, 0.2) is 0 Å². The van der Waals surface area contributed by atoms with Crippen molar-refractivity contribution in [3.05, 3.63) is 142 Å². The molecule has 8 bridgehead atoms. The summed E-state index contributed by atoms with van der Waals surface area (Å²) in [5.74, 6) is 0.